The average molecular weight is 335 g/mol. The summed E-state index contributed by atoms with van der Waals surface area (Å²) < 4.78 is 4.41. The van der Waals surface area contributed by atoms with Crippen molar-refractivity contribution in [2.24, 2.45) is 0 Å². The van der Waals surface area contributed by atoms with E-state index in [0.717, 1.165) is 19.3 Å². The van der Waals surface area contributed by atoms with Gasteiger partial charge < -0.3 is 4.74 Å². The van der Waals surface area contributed by atoms with Crippen molar-refractivity contribution in [3.63, 3.8) is 0 Å². The maximum atomic E-state index is 11.5. The highest BCUT2D eigenvalue weighted by atomic mass is 35.5. The zero-order valence-electron chi connectivity index (χ0n) is 10.5. The molecule has 112 valence electrons. The molecule has 0 radical (unpaired) electrons. The molecule has 0 aliphatic heterocycles. The standard InChI is InChI=1S/C11H8Cl2N2O6/c1-21-11(16)6(5-14(17)18)4-7-8(12)2-3-9(10(7)13)15(19)20/h2-4H,5H2,1H3/b6-4+. The molecular formula is C11H8Cl2N2O6. The van der Waals surface area contributed by atoms with Crippen molar-refractivity contribution >= 4 is 40.9 Å². The van der Waals surface area contributed by atoms with Crippen LogP contribution in [0.3, 0.4) is 0 Å². The van der Waals surface area contributed by atoms with Gasteiger partial charge in [-0.15, -0.1) is 0 Å². The number of carbonyl (C=O) groups is 1. The predicted molar refractivity (Wildman–Crippen MR) is 75.0 cm³/mol. The second kappa shape index (κ2) is 7.00. The number of methoxy groups -OCH3 is 1. The van der Waals surface area contributed by atoms with E-state index in [-0.39, 0.29) is 21.2 Å². The van der Waals surface area contributed by atoms with Gasteiger partial charge >= 0.3 is 5.97 Å². The van der Waals surface area contributed by atoms with Crippen LogP contribution in [-0.2, 0) is 9.53 Å². The number of ether oxygens (including phenoxy) is 1. The molecule has 21 heavy (non-hydrogen) atoms. The lowest BCUT2D eigenvalue weighted by molar-refractivity contribution is -0.470. The SMILES string of the molecule is COC(=O)/C(=C/c1c(Cl)ccc([N+](=O)[O-])c1Cl)C[N+](=O)[O-]. The Hall–Kier alpha value is -2.19. The molecule has 0 atom stereocenters. The summed E-state index contributed by atoms with van der Waals surface area (Å²) >= 11 is 11.7. The van der Waals surface area contributed by atoms with E-state index < -0.39 is 28.0 Å². The van der Waals surface area contributed by atoms with Gasteiger partial charge in [-0.1, -0.05) is 23.2 Å². The fourth-order valence-corrected chi connectivity index (χ4v) is 1.99. The van der Waals surface area contributed by atoms with Crippen molar-refractivity contribution in [1.82, 2.24) is 0 Å². The molecule has 1 aromatic carbocycles. The Kier molecular flexibility index (Phi) is 5.62. The number of halogens is 2. The number of benzene rings is 1. The highest BCUT2D eigenvalue weighted by Crippen LogP contribution is 2.34. The minimum Gasteiger partial charge on any atom is -0.465 e. The molecule has 0 heterocycles. The van der Waals surface area contributed by atoms with Crippen molar-refractivity contribution in [2.45, 2.75) is 0 Å². The van der Waals surface area contributed by atoms with E-state index in [2.05, 4.69) is 4.74 Å². The Morgan fingerprint density at radius 1 is 1.33 bits per heavy atom. The summed E-state index contributed by atoms with van der Waals surface area (Å²) in [5.41, 5.74) is -0.834. The van der Waals surface area contributed by atoms with E-state index in [1.165, 1.54) is 6.07 Å². The van der Waals surface area contributed by atoms with Gasteiger partial charge in [0, 0.05) is 21.6 Å². The Bertz CT molecular complexity index is 644. The Labute approximate surface area is 128 Å². The van der Waals surface area contributed by atoms with Crippen molar-refractivity contribution in [1.29, 1.82) is 0 Å². The molecule has 0 saturated carbocycles. The summed E-state index contributed by atoms with van der Waals surface area (Å²) in [5, 5.41) is 21.0. The molecule has 0 aliphatic carbocycles. The van der Waals surface area contributed by atoms with Crippen LogP contribution in [0, 0.1) is 20.2 Å². The van der Waals surface area contributed by atoms with E-state index in [0.29, 0.717) is 0 Å². The van der Waals surface area contributed by atoms with Crippen molar-refractivity contribution < 1.29 is 19.4 Å². The van der Waals surface area contributed by atoms with Crippen LogP contribution in [0.2, 0.25) is 10.0 Å². The Balaban J connectivity index is 3.45. The first kappa shape index (κ1) is 16.9. The van der Waals surface area contributed by atoms with Gasteiger partial charge in [-0.05, 0) is 12.1 Å². The third-order valence-electron chi connectivity index (χ3n) is 2.37. The van der Waals surface area contributed by atoms with Gasteiger partial charge in [0.25, 0.3) is 5.69 Å². The first-order valence-corrected chi connectivity index (χ1v) is 6.06. The lowest BCUT2D eigenvalue weighted by atomic mass is 10.1. The van der Waals surface area contributed by atoms with Crippen LogP contribution >= 0.6 is 23.2 Å². The van der Waals surface area contributed by atoms with Gasteiger partial charge in [-0.3, -0.25) is 20.2 Å². The molecule has 8 nitrogen and oxygen atoms in total. The highest BCUT2D eigenvalue weighted by Gasteiger charge is 2.21. The number of hydrogen-bond acceptors (Lipinski definition) is 6. The number of hydrogen-bond donors (Lipinski definition) is 0. The summed E-state index contributed by atoms with van der Waals surface area (Å²) in [7, 11) is 1.05. The zero-order chi connectivity index (χ0) is 16.2. The van der Waals surface area contributed by atoms with Crippen molar-refractivity contribution in [3.05, 3.63) is 53.5 Å². The molecule has 10 heteroatoms. The van der Waals surface area contributed by atoms with E-state index in [4.69, 9.17) is 23.2 Å². The van der Waals surface area contributed by atoms with Gasteiger partial charge in [0.05, 0.1) is 12.0 Å². The summed E-state index contributed by atoms with van der Waals surface area (Å²) in [6, 6.07) is 2.30. The van der Waals surface area contributed by atoms with Gasteiger partial charge in [0.2, 0.25) is 6.54 Å². The van der Waals surface area contributed by atoms with Gasteiger partial charge in [0.15, 0.2) is 0 Å². The second-order valence-electron chi connectivity index (χ2n) is 3.70. The maximum absolute atomic E-state index is 11.5. The fourth-order valence-electron chi connectivity index (χ4n) is 1.44. The van der Waals surface area contributed by atoms with E-state index in [1.54, 1.807) is 0 Å². The Morgan fingerprint density at radius 3 is 2.43 bits per heavy atom. The normalized spacial score (nSPS) is 11.1. The number of carbonyl (C=O) groups excluding carboxylic acids is 1. The number of nitro benzene ring substituents is 1. The van der Waals surface area contributed by atoms with Crippen LogP contribution in [0.15, 0.2) is 17.7 Å². The third kappa shape index (κ3) is 4.14. The predicted octanol–water partition coefficient (Wildman–Crippen LogP) is 2.73. The number of rotatable bonds is 5. The van der Waals surface area contributed by atoms with Gasteiger partial charge in [-0.2, -0.15) is 0 Å². The summed E-state index contributed by atoms with van der Waals surface area (Å²) in [6.07, 6.45) is 1.01. The van der Waals surface area contributed by atoms with Crippen molar-refractivity contribution in [3.8, 4) is 0 Å². The summed E-state index contributed by atoms with van der Waals surface area (Å²) in [5.74, 6) is -0.953. The molecule has 0 bridgehead atoms. The third-order valence-corrected chi connectivity index (χ3v) is 3.10. The molecule has 0 aliphatic rings. The average Bonchev–Trinajstić information content (AvgIpc) is 2.40. The quantitative estimate of drug-likeness (QED) is 0.354. The lowest BCUT2D eigenvalue weighted by Gasteiger charge is -2.05. The van der Waals surface area contributed by atoms with E-state index in [9.17, 15) is 25.0 Å². The smallest absolute Gasteiger partial charge is 0.340 e. The van der Waals surface area contributed by atoms with Crippen LogP contribution in [0.1, 0.15) is 5.56 Å². The molecule has 0 aromatic heterocycles. The van der Waals surface area contributed by atoms with Crippen LogP contribution < -0.4 is 0 Å². The van der Waals surface area contributed by atoms with E-state index >= 15 is 0 Å². The minimum atomic E-state index is -0.953. The molecule has 0 saturated heterocycles. The lowest BCUT2D eigenvalue weighted by Crippen LogP contribution is -2.14. The molecule has 1 aromatic rings. The second-order valence-corrected chi connectivity index (χ2v) is 4.49. The number of nitro groups is 2. The molecule has 0 amide bonds. The molecule has 0 fully saturated rings. The fraction of sp³-hybridized carbons (Fsp3) is 0.182. The summed E-state index contributed by atoms with van der Waals surface area (Å²) in [4.78, 5) is 31.3. The molecule has 0 spiro atoms. The number of esters is 1. The largest absolute Gasteiger partial charge is 0.465 e. The Morgan fingerprint density at radius 2 is 1.95 bits per heavy atom. The van der Waals surface area contributed by atoms with Gasteiger partial charge in [0.1, 0.15) is 10.6 Å². The first-order chi connectivity index (χ1) is 9.77. The van der Waals surface area contributed by atoms with Crippen molar-refractivity contribution in [2.75, 3.05) is 13.7 Å². The van der Waals surface area contributed by atoms with Crippen LogP contribution in [0.25, 0.3) is 6.08 Å². The number of nitrogens with zero attached hydrogens (tertiary/aromatic N) is 2. The van der Waals surface area contributed by atoms with Crippen LogP contribution in [-0.4, -0.2) is 29.5 Å². The topological polar surface area (TPSA) is 113 Å². The van der Waals surface area contributed by atoms with Crippen LogP contribution in [0.5, 0.6) is 0 Å². The molecular weight excluding hydrogens is 327 g/mol. The molecule has 0 unspecified atom stereocenters. The first-order valence-electron chi connectivity index (χ1n) is 5.31. The highest BCUT2D eigenvalue weighted by molar-refractivity contribution is 6.38. The van der Waals surface area contributed by atoms with Gasteiger partial charge in [-0.25, -0.2) is 4.79 Å². The van der Waals surface area contributed by atoms with Crippen LogP contribution in [0.4, 0.5) is 5.69 Å². The van der Waals surface area contributed by atoms with E-state index in [1.807, 2.05) is 0 Å². The molecule has 1 rings (SSSR count). The maximum Gasteiger partial charge on any atom is 0.340 e. The monoisotopic (exact) mass is 334 g/mol. The zero-order valence-corrected chi connectivity index (χ0v) is 12.1. The molecule has 0 N–H and O–H groups in total. The summed E-state index contributed by atoms with van der Waals surface area (Å²) in [6.45, 7) is -0.831. The minimum absolute atomic E-state index is 0.00958.